The normalized spacial score (nSPS) is 52.4. The Morgan fingerprint density at radius 1 is 1.38 bits per heavy atom. The molecule has 0 radical (unpaired) electrons. The minimum absolute atomic E-state index is 0.0192. The Bertz CT molecular complexity index is 728. The Morgan fingerprint density at radius 3 is 2.81 bits per heavy atom. The molecular weight excluding hydrogens is 329 g/mol. The van der Waals surface area contributed by atoms with Crippen molar-refractivity contribution >= 4 is 0 Å². The summed E-state index contributed by atoms with van der Waals surface area (Å²) in [5.41, 5.74) is 6.13. The molecule has 8 atom stereocenters. The van der Waals surface area contributed by atoms with E-state index in [1.165, 1.54) is 0 Å². The SMILES string of the molecule is C=CCC1(N)C(F)C[C@H]2[C@@H]3C(O)C=C4C=C(O)C=C[C@]4(C)[C@@H]3CC[C@@]21C. The van der Waals surface area contributed by atoms with Gasteiger partial charge in [-0.25, -0.2) is 4.39 Å². The molecule has 4 aliphatic carbocycles. The molecule has 142 valence electrons. The molecule has 0 amide bonds. The third-order valence-corrected chi connectivity index (χ3v) is 8.33. The molecule has 2 saturated carbocycles. The summed E-state index contributed by atoms with van der Waals surface area (Å²) in [6.45, 7) is 8.09. The topological polar surface area (TPSA) is 66.5 Å². The first-order valence-corrected chi connectivity index (χ1v) is 9.71. The van der Waals surface area contributed by atoms with Crippen LogP contribution in [0.4, 0.5) is 4.39 Å². The van der Waals surface area contributed by atoms with Crippen molar-refractivity contribution in [1.29, 1.82) is 0 Å². The van der Waals surface area contributed by atoms with E-state index in [1.807, 2.05) is 6.08 Å². The van der Waals surface area contributed by atoms with Gasteiger partial charge in [0.05, 0.1) is 11.6 Å². The minimum Gasteiger partial charge on any atom is -0.508 e. The summed E-state index contributed by atoms with van der Waals surface area (Å²) in [4.78, 5) is 0. The van der Waals surface area contributed by atoms with Gasteiger partial charge in [0, 0.05) is 5.41 Å². The van der Waals surface area contributed by atoms with Crippen LogP contribution in [0.3, 0.4) is 0 Å². The fourth-order valence-electron chi connectivity index (χ4n) is 6.68. The third kappa shape index (κ3) is 2.06. The van der Waals surface area contributed by atoms with E-state index in [1.54, 1.807) is 18.2 Å². The molecule has 4 aliphatic rings. The van der Waals surface area contributed by atoms with E-state index in [0.717, 1.165) is 18.4 Å². The van der Waals surface area contributed by atoms with Crippen molar-refractivity contribution in [1.82, 2.24) is 0 Å². The predicted octanol–water partition coefficient (Wildman–Crippen LogP) is 3.97. The molecule has 3 unspecified atom stereocenters. The van der Waals surface area contributed by atoms with Crippen LogP contribution in [-0.4, -0.2) is 28.0 Å². The van der Waals surface area contributed by atoms with Gasteiger partial charge in [-0.1, -0.05) is 32.1 Å². The first-order chi connectivity index (χ1) is 12.2. The van der Waals surface area contributed by atoms with Gasteiger partial charge < -0.3 is 15.9 Å². The number of allylic oxidation sites excluding steroid dienone is 4. The quantitative estimate of drug-likeness (QED) is 0.654. The van der Waals surface area contributed by atoms with Gasteiger partial charge in [-0.15, -0.1) is 6.58 Å². The number of aliphatic hydroxyl groups is 2. The van der Waals surface area contributed by atoms with Crippen LogP contribution in [0, 0.1) is 28.6 Å². The van der Waals surface area contributed by atoms with Gasteiger partial charge in [0.1, 0.15) is 11.9 Å². The van der Waals surface area contributed by atoms with Gasteiger partial charge in [-0.3, -0.25) is 0 Å². The number of hydrogen-bond acceptors (Lipinski definition) is 3. The second kappa shape index (κ2) is 5.56. The van der Waals surface area contributed by atoms with Crippen molar-refractivity contribution < 1.29 is 14.6 Å². The standard InChI is InChI=1S/C22H30FNO2/c1-4-7-22(24)18(23)12-16-19-15(6-9-21(16,22)3)20(2)8-5-14(25)10-13(20)11-17(19)26/h4-5,8,10-11,15-19,25-26H,1,6-7,9,12,24H2,2-3H3/t15-,16+,17?,18?,19-,20+,21+,22?/m1/s1. The van der Waals surface area contributed by atoms with Gasteiger partial charge in [-0.05, 0) is 66.6 Å². The Labute approximate surface area is 155 Å². The highest BCUT2D eigenvalue weighted by Crippen LogP contribution is 2.66. The minimum atomic E-state index is -1.08. The Morgan fingerprint density at radius 2 is 2.12 bits per heavy atom. The van der Waals surface area contributed by atoms with E-state index in [9.17, 15) is 10.2 Å². The summed E-state index contributed by atoms with van der Waals surface area (Å²) in [7, 11) is 0. The van der Waals surface area contributed by atoms with E-state index >= 15 is 4.39 Å². The van der Waals surface area contributed by atoms with E-state index in [0.29, 0.717) is 12.8 Å². The van der Waals surface area contributed by atoms with Crippen molar-refractivity contribution in [2.24, 2.45) is 34.3 Å². The largest absolute Gasteiger partial charge is 0.508 e. The van der Waals surface area contributed by atoms with Crippen molar-refractivity contribution in [2.75, 3.05) is 0 Å². The van der Waals surface area contributed by atoms with Crippen LogP contribution in [0.5, 0.6) is 0 Å². The molecule has 0 aliphatic heterocycles. The second-order valence-electron chi connectivity index (χ2n) is 9.28. The molecule has 0 bridgehead atoms. The molecule has 0 aromatic carbocycles. The molecule has 0 spiro atoms. The van der Waals surface area contributed by atoms with Gasteiger partial charge in [-0.2, -0.15) is 0 Å². The second-order valence-corrected chi connectivity index (χ2v) is 9.28. The third-order valence-electron chi connectivity index (χ3n) is 8.33. The molecule has 4 heteroatoms. The maximum atomic E-state index is 15.1. The molecule has 0 aromatic rings. The van der Waals surface area contributed by atoms with E-state index in [-0.39, 0.29) is 34.3 Å². The fraction of sp³-hybridized carbons (Fsp3) is 0.636. The average molecular weight is 359 g/mol. The summed E-state index contributed by atoms with van der Waals surface area (Å²) >= 11 is 0. The average Bonchev–Trinajstić information content (AvgIpc) is 2.77. The first-order valence-electron chi connectivity index (χ1n) is 9.71. The van der Waals surface area contributed by atoms with Gasteiger partial charge in [0.15, 0.2) is 0 Å². The van der Waals surface area contributed by atoms with Crippen molar-refractivity contribution in [2.45, 2.75) is 57.3 Å². The summed E-state index contributed by atoms with van der Waals surface area (Å²) in [5, 5.41) is 20.9. The first kappa shape index (κ1) is 18.0. The zero-order valence-electron chi connectivity index (χ0n) is 15.7. The number of halogens is 1. The highest BCUT2D eigenvalue weighted by Gasteiger charge is 2.67. The van der Waals surface area contributed by atoms with Crippen LogP contribution in [-0.2, 0) is 0 Å². The predicted molar refractivity (Wildman–Crippen MR) is 101 cm³/mol. The molecule has 0 aromatic heterocycles. The Balaban J connectivity index is 1.78. The summed E-state index contributed by atoms with van der Waals surface area (Å²) < 4.78 is 15.1. The van der Waals surface area contributed by atoms with Crippen molar-refractivity contribution in [3.05, 3.63) is 48.3 Å². The van der Waals surface area contributed by atoms with Crippen LogP contribution in [0.15, 0.2) is 48.3 Å². The molecular formula is C22H30FNO2. The lowest BCUT2D eigenvalue weighted by molar-refractivity contribution is -0.0761. The molecule has 26 heavy (non-hydrogen) atoms. The maximum absolute atomic E-state index is 15.1. The monoisotopic (exact) mass is 359 g/mol. The van der Waals surface area contributed by atoms with Crippen LogP contribution < -0.4 is 5.73 Å². The van der Waals surface area contributed by atoms with Crippen molar-refractivity contribution in [3.8, 4) is 0 Å². The Hall–Kier alpha value is -1.39. The highest BCUT2D eigenvalue weighted by atomic mass is 19.1. The number of hydrogen-bond donors (Lipinski definition) is 3. The fourth-order valence-corrected chi connectivity index (χ4v) is 6.68. The molecule has 3 nitrogen and oxygen atoms in total. The number of alkyl halides is 1. The summed E-state index contributed by atoms with van der Waals surface area (Å²) in [6.07, 6.45) is 10.1. The van der Waals surface area contributed by atoms with E-state index in [2.05, 4.69) is 26.5 Å². The lowest BCUT2D eigenvalue weighted by atomic mass is 9.47. The van der Waals surface area contributed by atoms with Crippen molar-refractivity contribution in [3.63, 3.8) is 0 Å². The molecule has 4 N–H and O–H groups in total. The molecule has 4 rings (SSSR count). The maximum Gasteiger partial charge on any atom is 0.119 e. The molecule has 0 heterocycles. The van der Waals surface area contributed by atoms with Crippen LogP contribution >= 0.6 is 0 Å². The van der Waals surface area contributed by atoms with E-state index in [4.69, 9.17) is 5.73 Å². The molecule has 2 fully saturated rings. The zero-order chi connectivity index (χ0) is 18.9. The summed E-state index contributed by atoms with van der Waals surface area (Å²) in [6, 6.07) is 0. The smallest absolute Gasteiger partial charge is 0.119 e. The zero-order valence-corrected chi connectivity index (χ0v) is 15.7. The number of aliphatic hydroxyl groups excluding tert-OH is 2. The van der Waals surface area contributed by atoms with E-state index < -0.39 is 17.8 Å². The van der Waals surface area contributed by atoms with Crippen LogP contribution in [0.25, 0.3) is 0 Å². The molecule has 0 saturated heterocycles. The lowest BCUT2D eigenvalue weighted by Gasteiger charge is -2.58. The van der Waals surface area contributed by atoms with Gasteiger partial charge >= 0.3 is 0 Å². The highest BCUT2D eigenvalue weighted by molar-refractivity contribution is 5.44. The summed E-state index contributed by atoms with van der Waals surface area (Å²) in [5.74, 6) is 0.458. The number of fused-ring (bicyclic) bond motifs is 5. The number of nitrogens with two attached hydrogens (primary N) is 1. The Kier molecular flexibility index (Phi) is 3.85. The van der Waals surface area contributed by atoms with Crippen LogP contribution in [0.1, 0.15) is 39.5 Å². The van der Waals surface area contributed by atoms with Gasteiger partial charge in [0.2, 0.25) is 0 Å². The number of rotatable bonds is 2. The van der Waals surface area contributed by atoms with Crippen LogP contribution in [0.2, 0.25) is 0 Å². The van der Waals surface area contributed by atoms with Gasteiger partial charge in [0.25, 0.3) is 0 Å². The lowest BCUT2D eigenvalue weighted by Crippen LogP contribution is -2.61.